The molecule has 3 rings (SSSR count). The molecule has 2 heterocycles. The molecule has 0 aliphatic rings. The quantitative estimate of drug-likeness (QED) is 0.681. The summed E-state index contributed by atoms with van der Waals surface area (Å²) in [5, 5.41) is 5.06. The molecule has 0 aliphatic carbocycles. The highest BCUT2D eigenvalue weighted by Gasteiger charge is 2.17. The van der Waals surface area contributed by atoms with E-state index in [1.807, 2.05) is 37.7 Å². The van der Waals surface area contributed by atoms with E-state index >= 15 is 0 Å². The molecule has 0 fully saturated rings. The van der Waals surface area contributed by atoms with Crippen molar-refractivity contribution in [3.63, 3.8) is 0 Å². The van der Waals surface area contributed by atoms with Crippen molar-refractivity contribution < 1.29 is 9.18 Å². The number of nitrogens with one attached hydrogen (secondary N) is 1. The van der Waals surface area contributed by atoms with Gasteiger partial charge in [0.1, 0.15) is 5.82 Å². The van der Waals surface area contributed by atoms with Gasteiger partial charge in [0.2, 0.25) is 0 Å². The second kappa shape index (κ2) is 7.91. The maximum atomic E-state index is 13.0. The van der Waals surface area contributed by atoms with E-state index in [1.54, 1.807) is 23.5 Å². The highest BCUT2D eigenvalue weighted by atomic mass is 32.1. The maximum absolute atomic E-state index is 13.0. The Morgan fingerprint density at radius 2 is 1.92 bits per heavy atom. The molecule has 1 atom stereocenters. The van der Waals surface area contributed by atoms with E-state index in [2.05, 4.69) is 16.3 Å². The molecule has 3 nitrogen and oxygen atoms in total. The number of carbonyl (C=O) groups excluding carboxylic acids is 1. The summed E-state index contributed by atoms with van der Waals surface area (Å²) in [4.78, 5) is 17.4. The molecular formula is C19H19FN2OS2. The second-order valence-corrected chi connectivity index (χ2v) is 7.94. The zero-order valence-corrected chi connectivity index (χ0v) is 15.7. The van der Waals surface area contributed by atoms with Gasteiger partial charge in [-0.05, 0) is 55.4 Å². The highest BCUT2D eigenvalue weighted by molar-refractivity contribution is 7.17. The first kappa shape index (κ1) is 17.8. The topological polar surface area (TPSA) is 32.3 Å². The van der Waals surface area contributed by atoms with Crippen LogP contribution in [0.2, 0.25) is 0 Å². The first-order chi connectivity index (χ1) is 12.0. The maximum Gasteiger partial charge on any atom is 0.261 e. The van der Waals surface area contributed by atoms with Gasteiger partial charge < -0.3 is 10.2 Å². The van der Waals surface area contributed by atoms with Crippen LogP contribution in [-0.2, 0) is 0 Å². The number of hydrogen-bond donors (Lipinski definition) is 1. The Hall–Kier alpha value is -2.02. The Labute approximate surface area is 154 Å². The fourth-order valence-electron chi connectivity index (χ4n) is 2.52. The fraction of sp³-hybridized carbons (Fsp3) is 0.211. The Morgan fingerprint density at radius 1 is 1.16 bits per heavy atom. The first-order valence-corrected chi connectivity index (χ1v) is 9.58. The van der Waals surface area contributed by atoms with Crippen LogP contribution in [0.4, 0.5) is 4.39 Å². The van der Waals surface area contributed by atoms with Gasteiger partial charge in [0.15, 0.2) is 0 Å². The molecule has 0 radical (unpaired) electrons. The largest absolute Gasteiger partial charge is 0.349 e. The lowest BCUT2D eigenvalue weighted by molar-refractivity contribution is 0.0946. The molecule has 0 aliphatic heterocycles. The molecule has 0 saturated carbocycles. The molecule has 0 saturated heterocycles. The Kier molecular flexibility index (Phi) is 5.63. The normalized spacial score (nSPS) is 12.3. The predicted octanol–water partition coefficient (Wildman–Crippen LogP) is 4.65. The summed E-state index contributed by atoms with van der Waals surface area (Å²) >= 11 is 3.10. The first-order valence-electron chi connectivity index (χ1n) is 7.88. The zero-order chi connectivity index (χ0) is 17.8. The predicted molar refractivity (Wildman–Crippen MR) is 103 cm³/mol. The van der Waals surface area contributed by atoms with Gasteiger partial charge in [-0.25, -0.2) is 4.39 Å². The van der Waals surface area contributed by atoms with Crippen LogP contribution in [0.15, 0.2) is 53.9 Å². The van der Waals surface area contributed by atoms with E-state index in [1.165, 1.54) is 28.3 Å². The molecule has 6 heteroatoms. The van der Waals surface area contributed by atoms with Crippen LogP contribution in [0.5, 0.6) is 0 Å². The van der Waals surface area contributed by atoms with Gasteiger partial charge in [-0.2, -0.15) is 0 Å². The minimum absolute atomic E-state index is 0.0817. The minimum atomic E-state index is -0.262. The van der Waals surface area contributed by atoms with Crippen molar-refractivity contribution in [3.8, 4) is 10.4 Å². The molecule has 1 N–H and O–H groups in total. The van der Waals surface area contributed by atoms with Gasteiger partial charge in [-0.15, -0.1) is 22.7 Å². The average molecular weight is 375 g/mol. The Bertz CT molecular complexity index is 825. The molecule has 25 heavy (non-hydrogen) atoms. The number of likely N-dealkylation sites (N-methyl/N-ethyl adjacent to an activating group) is 1. The van der Waals surface area contributed by atoms with Crippen LogP contribution in [0.25, 0.3) is 10.4 Å². The van der Waals surface area contributed by atoms with Crippen molar-refractivity contribution in [1.29, 1.82) is 0 Å². The van der Waals surface area contributed by atoms with Gasteiger partial charge in [-0.3, -0.25) is 4.79 Å². The number of halogens is 1. The summed E-state index contributed by atoms with van der Waals surface area (Å²) < 4.78 is 13.0. The van der Waals surface area contributed by atoms with Crippen LogP contribution < -0.4 is 5.32 Å². The monoisotopic (exact) mass is 374 g/mol. The molecule has 1 amide bonds. The van der Waals surface area contributed by atoms with Gasteiger partial charge in [0.25, 0.3) is 5.91 Å². The van der Waals surface area contributed by atoms with Crippen LogP contribution in [0.1, 0.15) is 20.6 Å². The zero-order valence-electron chi connectivity index (χ0n) is 14.0. The third kappa shape index (κ3) is 4.34. The van der Waals surface area contributed by atoms with Crippen LogP contribution in [-0.4, -0.2) is 31.4 Å². The number of nitrogens with zero attached hydrogens (tertiary/aromatic N) is 1. The van der Waals surface area contributed by atoms with Gasteiger partial charge in [0, 0.05) is 16.3 Å². The molecule has 3 aromatic rings. The van der Waals surface area contributed by atoms with Crippen molar-refractivity contribution in [2.75, 3.05) is 20.6 Å². The van der Waals surface area contributed by atoms with Crippen molar-refractivity contribution in [3.05, 3.63) is 69.5 Å². The van der Waals surface area contributed by atoms with Crippen molar-refractivity contribution >= 4 is 28.6 Å². The number of carbonyl (C=O) groups is 1. The lowest BCUT2D eigenvalue weighted by Crippen LogP contribution is -2.33. The molecule has 1 unspecified atom stereocenters. The van der Waals surface area contributed by atoms with E-state index in [0.717, 1.165) is 10.4 Å². The van der Waals surface area contributed by atoms with Crippen LogP contribution in [0, 0.1) is 5.82 Å². The highest BCUT2D eigenvalue weighted by Crippen LogP contribution is 2.28. The van der Waals surface area contributed by atoms with E-state index in [0.29, 0.717) is 11.4 Å². The van der Waals surface area contributed by atoms with Crippen molar-refractivity contribution in [2.45, 2.75) is 6.04 Å². The lowest BCUT2D eigenvalue weighted by atomic mass is 10.2. The van der Waals surface area contributed by atoms with E-state index < -0.39 is 0 Å². The van der Waals surface area contributed by atoms with Crippen molar-refractivity contribution in [1.82, 2.24) is 10.2 Å². The Morgan fingerprint density at radius 3 is 2.56 bits per heavy atom. The summed E-state index contributed by atoms with van der Waals surface area (Å²) in [7, 11) is 4.02. The molecule has 2 aromatic heterocycles. The summed E-state index contributed by atoms with van der Waals surface area (Å²) in [6.45, 7) is 0.552. The third-order valence-corrected chi connectivity index (χ3v) is 6.02. The molecular weight excluding hydrogens is 355 g/mol. The number of amides is 1. The SMILES string of the molecule is CN(C)C(CNC(=O)c1ccc(-c2ccc(F)cc2)s1)c1cccs1. The standard InChI is InChI=1S/C19H19FN2OS2/c1-22(2)15(17-4-3-11-24-17)12-21-19(23)18-10-9-16(25-18)13-5-7-14(20)8-6-13/h3-11,15H,12H2,1-2H3,(H,21,23). The molecule has 1 aromatic carbocycles. The number of benzene rings is 1. The third-order valence-electron chi connectivity index (χ3n) is 3.91. The van der Waals surface area contributed by atoms with Gasteiger partial charge in [-0.1, -0.05) is 18.2 Å². The Balaban J connectivity index is 1.66. The summed E-state index contributed by atoms with van der Waals surface area (Å²) in [6, 6.07) is 14.3. The second-order valence-electron chi connectivity index (χ2n) is 5.88. The fourth-order valence-corrected chi connectivity index (χ4v) is 4.37. The average Bonchev–Trinajstić information content (AvgIpc) is 3.27. The van der Waals surface area contributed by atoms with Crippen LogP contribution in [0.3, 0.4) is 0 Å². The van der Waals surface area contributed by atoms with E-state index in [4.69, 9.17) is 0 Å². The lowest BCUT2D eigenvalue weighted by Gasteiger charge is -2.23. The minimum Gasteiger partial charge on any atom is -0.349 e. The summed E-state index contributed by atoms with van der Waals surface area (Å²) in [5.41, 5.74) is 0.912. The molecule has 0 bridgehead atoms. The summed E-state index contributed by atoms with van der Waals surface area (Å²) in [6.07, 6.45) is 0. The molecule has 130 valence electrons. The number of hydrogen-bond acceptors (Lipinski definition) is 4. The molecule has 0 spiro atoms. The smallest absolute Gasteiger partial charge is 0.261 e. The van der Waals surface area contributed by atoms with Crippen molar-refractivity contribution in [2.24, 2.45) is 0 Å². The van der Waals surface area contributed by atoms with Gasteiger partial charge in [0.05, 0.1) is 10.9 Å². The van der Waals surface area contributed by atoms with Gasteiger partial charge >= 0.3 is 0 Å². The summed E-state index contributed by atoms with van der Waals surface area (Å²) in [5.74, 6) is -0.344. The number of thiophene rings is 2. The van der Waals surface area contributed by atoms with E-state index in [-0.39, 0.29) is 17.8 Å². The van der Waals surface area contributed by atoms with Crippen LogP contribution >= 0.6 is 22.7 Å². The van der Waals surface area contributed by atoms with E-state index in [9.17, 15) is 9.18 Å². The number of rotatable bonds is 6.